The molecule has 0 bridgehead atoms. The molecular weight excluding hydrogens is 360 g/mol. The molecular formula is C21H16N2O5. The minimum absolute atomic E-state index is 0.0373. The Morgan fingerprint density at radius 3 is 2.64 bits per heavy atom. The van der Waals surface area contributed by atoms with Crippen LogP contribution in [0, 0.1) is 6.92 Å². The molecule has 4 rings (SSSR count). The summed E-state index contributed by atoms with van der Waals surface area (Å²) in [6, 6.07) is 18.1. The number of furan rings is 1. The highest BCUT2D eigenvalue weighted by molar-refractivity contribution is 5.96. The van der Waals surface area contributed by atoms with Gasteiger partial charge >= 0.3 is 5.97 Å². The lowest BCUT2D eigenvalue weighted by Crippen LogP contribution is -2.20. The molecule has 2 heterocycles. The van der Waals surface area contributed by atoms with Crippen LogP contribution in [0.25, 0.3) is 22.2 Å². The van der Waals surface area contributed by atoms with Gasteiger partial charge in [0.15, 0.2) is 6.61 Å². The molecule has 0 fully saturated rings. The van der Waals surface area contributed by atoms with Crippen LogP contribution in [-0.2, 0) is 9.53 Å². The molecule has 0 aliphatic carbocycles. The van der Waals surface area contributed by atoms with Crippen LogP contribution in [0.3, 0.4) is 0 Å². The van der Waals surface area contributed by atoms with Crippen LogP contribution in [0.2, 0.25) is 0 Å². The SMILES string of the molecule is Cc1ccc(-c2cc(NC(=O)COC(=O)c3cc4ccccc4o3)on2)cc1. The van der Waals surface area contributed by atoms with Gasteiger partial charge in [-0.15, -0.1) is 0 Å². The number of amides is 1. The van der Waals surface area contributed by atoms with E-state index in [0.29, 0.717) is 11.3 Å². The number of fused-ring (bicyclic) bond motifs is 1. The molecule has 0 spiro atoms. The number of carbonyl (C=O) groups excluding carboxylic acids is 2. The van der Waals surface area contributed by atoms with Crippen LogP contribution in [0.15, 0.2) is 69.6 Å². The number of para-hydroxylation sites is 1. The molecule has 0 unspecified atom stereocenters. The Bertz CT molecular complexity index is 1110. The summed E-state index contributed by atoms with van der Waals surface area (Å²) < 4.78 is 15.5. The first kappa shape index (κ1) is 17.5. The van der Waals surface area contributed by atoms with E-state index in [2.05, 4.69) is 10.5 Å². The van der Waals surface area contributed by atoms with Crippen LogP contribution in [0.5, 0.6) is 0 Å². The Labute approximate surface area is 159 Å². The number of nitrogens with zero attached hydrogens (tertiary/aromatic N) is 1. The van der Waals surface area contributed by atoms with Gasteiger partial charge in [-0.3, -0.25) is 10.1 Å². The minimum Gasteiger partial charge on any atom is -0.450 e. The molecule has 1 amide bonds. The zero-order chi connectivity index (χ0) is 19.5. The van der Waals surface area contributed by atoms with Gasteiger partial charge in [0.1, 0.15) is 11.3 Å². The summed E-state index contributed by atoms with van der Waals surface area (Å²) in [5.41, 5.74) is 3.16. The molecule has 0 saturated heterocycles. The molecule has 0 radical (unpaired) electrons. The zero-order valence-corrected chi connectivity index (χ0v) is 15.0. The van der Waals surface area contributed by atoms with Crippen molar-refractivity contribution in [1.29, 1.82) is 0 Å². The predicted molar refractivity (Wildman–Crippen MR) is 102 cm³/mol. The number of benzene rings is 2. The number of ether oxygens (including phenoxy) is 1. The lowest BCUT2D eigenvalue weighted by Gasteiger charge is -2.02. The van der Waals surface area contributed by atoms with Crippen molar-refractivity contribution in [3.63, 3.8) is 0 Å². The van der Waals surface area contributed by atoms with Gasteiger partial charge in [-0.25, -0.2) is 4.79 Å². The Balaban J connectivity index is 1.34. The van der Waals surface area contributed by atoms with Gasteiger partial charge in [0.05, 0.1) is 0 Å². The third-order valence-electron chi connectivity index (χ3n) is 4.08. The lowest BCUT2D eigenvalue weighted by molar-refractivity contribution is -0.119. The normalized spacial score (nSPS) is 10.8. The summed E-state index contributed by atoms with van der Waals surface area (Å²) in [4.78, 5) is 24.1. The third kappa shape index (κ3) is 3.78. The first-order chi connectivity index (χ1) is 13.6. The molecule has 0 aliphatic heterocycles. The first-order valence-electron chi connectivity index (χ1n) is 8.58. The summed E-state index contributed by atoms with van der Waals surface area (Å²) in [5.74, 6) is -1.06. The molecule has 0 aliphatic rings. The van der Waals surface area contributed by atoms with Crippen LogP contribution in [0.1, 0.15) is 16.1 Å². The van der Waals surface area contributed by atoms with Crippen molar-refractivity contribution in [2.24, 2.45) is 0 Å². The van der Waals surface area contributed by atoms with Crippen LogP contribution < -0.4 is 5.32 Å². The molecule has 0 saturated carbocycles. The van der Waals surface area contributed by atoms with Gasteiger partial charge in [0.25, 0.3) is 5.91 Å². The van der Waals surface area contributed by atoms with E-state index in [0.717, 1.165) is 16.5 Å². The number of aromatic nitrogens is 1. The Hall–Kier alpha value is -3.87. The summed E-state index contributed by atoms with van der Waals surface area (Å²) >= 11 is 0. The Morgan fingerprint density at radius 1 is 1.07 bits per heavy atom. The van der Waals surface area contributed by atoms with E-state index < -0.39 is 18.5 Å². The molecule has 2 aromatic carbocycles. The number of hydrogen-bond donors (Lipinski definition) is 1. The molecule has 0 atom stereocenters. The van der Waals surface area contributed by atoms with Crippen molar-refractivity contribution >= 4 is 28.7 Å². The second-order valence-electron chi connectivity index (χ2n) is 6.22. The maximum Gasteiger partial charge on any atom is 0.374 e. The standard InChI is InChI=1S/C21H16N2O5/c1-13-6-8-14(9-7-13)16-11-20(28-23-16)22-19(24)12-26-21(25)18-10-15-4-2-3-5-17(15)27-18/h2-11H,12H2,1H3,(H,22,24). The smallest absolute Gasteiger partial charge is 0.374 e. The second-order valence-corrected chi connectivity index (χ2v) is 6.22. The summed E-state index contributed by atoms with van der Waals surface area (Å²) in [5, 5.41) is 7.21. The predicted octanol–water partition coefficient (Wildman–Crippen LogP) is 4.19. The number of esters is 1. The van der Waals surface area contributed by atoms with Gasteiger partial charge in [0, 0.05) is 17.0 Å². The average molecular weight is 376 g/mol. The van der Waals surface area contributed by atoms with Crippen molar-refractivity contribution < 1.29 is 23.3 Å². The van der Waals surface area contributed by atoms with Gasteiger partial charge < -0.3 is 13.7 Å². The molecule has 7 nitrogen and oxygen atoms in total. The largest absolute Gasteiger partial charge is 0.450 e. The second kappa shape index (κ2) is 7.40. The number of aryl methyl sites for hydroxylation is 1. The van der Waals surface area contributed by atoms with E-state index in [1.807, 2.05) is 43.3 Å². The molecule has 1 N–H and O–H groups in total. The number of rotatable bonds is 5. The maximum absolute atomic E-state index is 12.1. The highest BCUT2D eigenvalue weighted by Crippen LogP contribution is 2.22. The number of anilines is 1. The molecule has 4 aromatic rings. The van der Waals surface area contributed by atoms with Crippen LogP contribution >= 0.6 is 0 Å². The van der Waals surface area contributed by atoms with Crippen molar-refractivity contribution in [3.05, 3.63) is 72.0 Å². The molecule has 28 heavy (non-hydrogen) atoms. The van der Waals surface area contributed by atoms with Gasteiger partial charge in [-0.1, -0.05) is 53.2 Å². The topological polar surface area (TPSA) is 94.6 Å². The monoisotopic (exact) mass is 376 g/mol. The van der Waals surface area contributed by atoms with Gasteiger partial charge in [-0.2, -0.15) is 0 Å². The van der Waals surface area contributed by atoms with E-state index in [-0.39, 0.29) is 11.6 Å². The highest BCUT2D eigenvalue weighted by atomic mass is 16.5. The quantitative estimate of drug-likeness (QED) is 0.525. The van der Waals surface area contributed by atoms with Crippen LogP contribution in [-0.4, -0.2) is 23.6 Å². The number of carbonyl (C=O) groups is 2. The number of hydrogen-bond acceptors (Lipinski definition) is 6. The average Bonchev–Trinajstić information content (AvgIpc) is 3.33. The fraction of sp³-hybridized carbons (Fsp3) is 0.0952. The van der Waals surface area contributed by atoms with Crippen molar-refractivity contribution in [3.8, 4) is 11.3 Å². The van der Waals surface area contributed by atoms with Crippen molar-refractivity contribution in [2.75, 3.05) is 11.9 Å². The van der Waals surface area contributed by atoms with E-state index in [4.69, 9.17) is 13.7 Å². The fourth-order valence-corrected chi connectivity index (χ4v) is 2.65. The third-order valence-corrected chi connectivity index (χ3v) is 4.08. The molecule has 140 valence electrons. The van der Waals surface area contributed by atoms with E-state index in [1.165, 1.54) is 0 Å². The summed E-state index contributed by atoms with van der Waals surface area (Å²) in [6.07, 6.45) is 0. The van der Waals surface area contributed by atoms with E-state index >= 15 is 0 Å². The fourth-order valence-electron chi connectivity index (χ4n) is 2.65. The zero-order valence-electron chi connectivity index (χ0n) is 15.0. The summed E-state index contributed by atoms with van der Waals surface area (Å²) in [6.45, 7) is 1.52. The van der Waals surface area contributed by atoms with Gasteiger partial charge in [0.2, 0.25) is 11.6 Å². The first-order valence-corrected chi connectivity index (χ1v) is 8.58. The highest BCUT2D eigenvalue weighted by Gasteiger charge is 2.16. The van der Waals surface area contributed by atoms with Crippen molar-refractivity contribution in [2.45, 2.75) is 6.92 Å². The lowest BCUT2D eigenvalue weighted by atomic mass is 10.1. The van der Waals surface area contributed by atoms with Crippen molar-refractivity contribution in [1.82, 2.24) is 5.16 Å². The molecule has 2 aromatic heterocycles. The minimum atomic E-state index is -0.718. The van der Waals surface area contributed by atoms with E-state index in [9.17, 15) is 9.59 Å². The Kier molecular flexibility index (Phi) is 4.63. The van der Waals surface area contributed by atoms with Crippen LogP contribution in [0.4, 0.5) is 5.88 Å². The summed E-state index contributed by atoms with van der Waals surface area (Å²) in [7, 11) is 0. The Morgan fingerprint density at radius 2 is 1.86 bits per heavy atom. The maximum atomic E-state index is 12.1. The molecule has 7 heteroatoms. The number of nitrogens with one attached hydrogen (secondary N) is 1. The van der Waals surface area contributed by atoms with Gasteiger partial charge in [-0.05, 0) is 19.1 Å². The van der Waals surface area contributed by atoms with E-state index in [1.54, 1.807) is 24.3 Å².